The Bertz CT molecular complexity index is 594. The lowest BCUT2D eigenvalue weighted by Gasteiger charge is -2.04. The van der Waals surface area contributed by atoms with Crippen LogP contribution in [-0.2, 0) is 0 Å². The lowest BCUT2D eigenvalue weighted by atomic mass is 10.2. The number of halogens is 1. The summed E-state index contributed by atoms with van der Waals surface area (Å²) in [6.45, 7) is 0. The van der Waals surface area contributed by atoms with E-state index in [1.165, 1.54) is 6.07 Å². The predicted molar refractivity (Wildman–Crippen MR) is 64.1 cm³/mol. The fraction of sp³-hybridized carbons (Fsp3) is 0. The summed E-state index contributed by atoms with van der Waals surface area (Å²) in [7, 11) is 0. The largest absolute Gasteiger partial charge is 0.399 e. The predicted octanol–water partition coefficient (Wildman–Crippen LogP) is 1.25. The van der Waals surface area contributed by atoms with Gasteiger partial charge in [-0.25, -0.2) is 4.98 Å². The molecule has 2 aromatic rings. The van der Waals surface area contributed by atoms with E-state index in [1.807, 2.05) is 0 Å². The van der Waals surface area contributed by atoms with Crippen molar-refractivity contribution in [2.24, 2.45) is 0 Å². The molecule has 0 saturated carbocycles. The van der Waals surface area contributed by atoms with Crippen LogP contribution < -0.4 is 17.0 Å². The van der Waals surface area contributed by atoms with Gasteiger partial charge in [-0.3, -0.25) is 4.79 Å². The number of hydrogen-bond acceptors (Lipinski definition) is 4. The average Bonchev–Trinajstić information content (AvgIpc) is 2.15. The van der Waals surface area contributed by atoms with Crippen molar-refractivity contribution in [2.45, 2.75) is 0 Å². The van der Waals surface area contributed by atoms with Crippen molar-refractivity contribution in [3.05, 3.63) is 39.6 Å². The summed E-state index contributed by atoms with van der Waals surface area (Å²) >= 11 is 5.99. The second kappa shape index (κ2) is 3.86. The summed E-state index contributed by atoms with van der Waals surface area (Å²) in [4.78, 5) is 17.8. The Kier molecular flexibility index (Phi) is 2.54. The maximum absolute atomic E-state index is 11.2. The van der Waals surface area contributed by atoms with Gasteiger partial charge in [0, 0.05) is 17.3 Å². The molecule has 0 amide bonds. The molecule has 0 aliphatic carbocycles. The lowest BCUT2D eigenvalue weighted by Crippen LogP contribution is -2.10. The van der Waals surface area contributed by atoms with Crippen LogP contribution in [-0.4, -0.2) is 9.97 Å². The number of anilines is 2. The van der Waals surface area contributed by atoms with Crippen LogP contribution >= 0.6 is 11.6 Å². The Morgan fingerprint density at radius 1 is 1.25 bits per heavy atom. The molecule has 0 bridgehead atoms. The second-order valence-electron chi connectivity index (χ2n) is 3.26. The van der Waals surface area contributed by atoms with Crippen molar-refractivity contribution in [3.8, 4) is 11.4 Å². The fourth-order valence-corrected chi connectivity index (χ4v) is 1.61. The second-order valence-corrected chi connectivity index (χ2v) is 3.67. The van der Waals surface area contributed by atoms with Crippen LogP contribution in [0.5, 0.6) is 0 Å². The summed E-state index contributed by atoms with van der Waals surface area (Å²) in [6, 6.07) is 6.13. The van der Waals surface area contributed by atoms with E-state index in [1.54, 1.807) is 18.2 Å². The zero-order valence-corrected chi connectivity index (χ0v) is 8.95. The number of nitrogens with one attached hydrogen (secondary N) is 1. The Morgan fingerprint density at radius 3 is 2.62 bits per heavy atom. The third-order valence-corrected chi connectivity index (χ3v) is 2.32. The third kappa shape index (κ3) is 1.99. The van der Waals surface area contributed by atoms with Gasteiger partial charge in [0.2, 0.25) is 0 Å². The SMILES string of the molecule is Nc1ccc(-c2nc(N)cc(=O)[nH]2)c(Cl)c1. The molecule has 0 fully saturated rings. The zero-order chi connectivity index (χ0) is 11.7. The van der Waals surface area contributed by atoms with Crippen LogP contribution in [0.2, 0.25) is 5.02 Å². The van der Waals surface area contributed by atoms with Gasteiger partial charge in [-0.1, -0.05) is 11.6 Å². The highest BCUT2D eigenvalue weighted by atomic mass is 35.5. The van der Waals surface area contributed by atoms with Gasteiger partial charge in [0.1, 0.15) is 11.6 Å². The maximum atomic E-state index is 11.2. The van der Waals surface area contributed by atoms with Gasteiger partial charge >= 0.3 is 0 Å². The number of H-pyrrole nitrogens is 1. The summed E-state index contributed by atoms with van der Waals surface area (Å²) < 4.78 is 0. The van der Waals surface area contributed by atoms with E-state index >= 15 is 0 Å². The smallest absolute Gasteiger partial charge is 0.253 e. The van der Waals surface area contributed by atoms with E-state index in [2.05, 4.69) is 9.97 Å². The van der Waals surface area contributed by atoms with E-state index in [0.29, 0.717) is 22.1 Å². The topological polar surface area (TPSA) is 97.8 Å². The zero-order valence-electron chi connectivity index (χ0n) is 8.20. The highest BCUT2D eigenvalue weighted by Crippen LogP contribution is 2.26. The van der Waals surface area contributed by atoms with Crippen molar-refractivity contribution in [1.82, 2.24) is 9.97 Å². The molecule has 82 valence electrons. The standard InChI is InChI=1S/C10H9ClN4O/c11-7-3-5(12)1-2-6(7)10-14-8(13)4-9(16)15-10/h1-4H,12H2,(H3,13,14,15,16). The van der Waals surface area contributed by atoms with Crippen LogP contribution in [0.25, 0.3) is 11.4 Å². The van der Waals surface area contributed by atoms with E-state index < -0.39 is 0 Å². The summed E-state index contributed by atoms with van der Waals surface area (Å²) in [5, 5.41) is 0.411. The molecule has 6 heteroatoms. The normalized spacial score (nSPS) is 10.3. The molecule has 5 N–H and O–H groups in total. The minimum atomic E-state index is -0.324. The molecule has 0 radical (unpaired) electrons. The highest BCUT2D eigenvalue weighted by Gasteiger charge is 2.07. The quantitative estimate of drug-likeness (QED) is 0.649. The Labute approximate surface area is 96.1 Å². The molecule has 0 spiro atoms. The van der Waals surface area contributed by atoms with Crippen LogP contribution in [0.3, 0.4) is 0 Å². The molecule has 0 unspecified atom stereocenters. The number of aromatic amines is 1. The lowest BCUT2D eigenvalue weighted by molar-refractivity contribution is 1.14. The van der Waals surface area contributed by atoms with Crippen LogP contribution in [0, 0.1) is 0 Å². The Hall–Kier alpha value is -2.01. The summed E-state index contributed by atoms with van der Waals surface area (Å²) in [5.74, 6) is 0.474. The van der Waals surface area contributed by atoms with E-state index in [-0.39, 0.29) is 11.4 Å². The van der Waals surface area contributed by atoms with Gasteiger partial charge < -0.3 is 16.5 Å². The maximum Gasteiger partial charge on any atom is 0.253 e. The van der Waals surface area contributed by atoms with Gasteiger partial charge in [-0.2, -0.15) is 0 Å². The van der Waals surface area contributed by atoms with Crippen molar-refractivity contribution in [3.63, 3.8) is 0 Å². The number of nitrogens with two attached hydrogens (primary N) is 2. The van der Waals surface area contributed by atoms with Gasteiger partial charge in [0.15, 0.2) is 0 Å². The Balaban J connectivity index is 2.63. The molecular formula is C10H9ClN4O. The van der Waals surface area contributed by atoms with E-state index in [0.717, 1.165) is 0 Å². The van der Waals surface area contributed by atoms with Gasteiger partial charge in [0.25, 0.3) is 5.56 Å². The first kappa shape index (κ1) is 10.5. The number of aromatic nitrogens is 2. The van der Waals surface area contributed by atoms with Gasteiger partial charge in [-0.05, 0) is 18.2 Å². The van der Waals surface area contributed by atoms with Crippen LogP contribution in [0.15, 0.2) is 29.1 Å². The molecule has 0 atom stereocenters. The number of nitrogen functional groups attached to an aromatic ring is 2. The first-order chi connectivity index (χ1) is 7.56. The number of rotatable bonds is 1. The molecule has 5 nitrogen and oxygen atoms in total. The molecule has 1 heterocycles. The number of benzene rings is 1. The van der Waals surface area contributed by atoms with Crippen molar-refractivity contribution >= 4 is 23.1 Å². The molecule has 16 heavy (non-hydrogen) atoms. The monoisotopic (exact) mass is 236 g/mol. The molecule has 0 aliphatic rings. The Morgan fingerprint density at radius 2 is 2.00 bits per heavy atom. The van der Waals surface area contributed by atoms with Crippen molar-refractivity contribution in [1.29, 1.82) is 0 Å². The third-order valence-electron chi connectivity index (χ3n) is 2.01. The van der Waals surface area contributed by atoms with Crippen molar-refractivity contribution in [2.75, 3.05) is 11.5 Å². The molecule has 1 aromatic carbocycles. The summed E-state index contributed by atoms with van der Waals surface area (Å²) in [5.41, 5.74) is 11.8. The van der Waals surface area contributed by atoms with Crippen LogP contribution in [0.4, 0.5) is 11.5 Å². The van der Waals surface area contributed by atoms with E-state index in [4.69, 9.17) is 23.1 Å². The van der Waals surface area contributed by atoms with Gasteiger partial charge in [0.05, 0.1) is 5.02 Å². The molecule has 2 rings (SSSR count). The fourth-order valence-electron chi connectivity index (χ4n) is 1.33. The highest BCUT2D eigenvalue weighted by molar-refractivity contribution is 6.33. The minimum Gasteiger partial charge on any atom is -0.399 e. The first-order valence-corrected chi connectivity index (χ1v) is 4.86. The number of hydrogen-bond donors (Lipinski definition) is 3. The first-order valence-electron chi connectivity index (χ1n) is 4.48. The average molecular weight is 237 g/mol. The number of nitrogens with zero attached hydrogens (tertiary/aromatic N) is 1. The molecular weight excluding hydrogens is 228 g/mol. The molecule has 0 saturated heterocycles. The van der Waals surface area contributed by atoms with Crippen LogP contribution in [0.1, 0.15) is 0 Å². The van der Waals surface area contributed by atoms with E-state index in [9.17, 15) is 4.79 Å². The van der Waals surface area contributed by atoms with Crippen molar-refractivity contribution < 1.29 is 0 Å². The molecule has 1 aromatic heterocycles. The summed E-state index contributed by atoms with van der Waals surface area (Å²) in [6.07, 6.45) is 0. The van der Waals surface area contributed by atoms with Gasteiger partial charge in [-0.15, -0.1) is 0 Å². The minimum absolute atomic E-state index is 0.145. The molecule has 0 aliphatic heterocycles.